The highest BCUT2D eigenvalue weighted by Crippen LogP contribution is 2.33. The van der Waals surface area contributed by atoms with E-state index >= 15 is 0 Å². The number of carbonyl (C=O) groups is 1. The molecule has 43 heavy (non-hydrogen) atoms. The van der Waals surface area contributed by atoms with Crippen LogP contribution in [0.15, 0.2) is 67.0 Å². The van der Waals surface area contributed by atoms with Gasteiger partial charge in [-0.05, 0) is 61.9 Å². The van der Waals surface area contributed by atoms with Gasteiger partial charge in [0, 0.05) is 23.1 Å². The van der Waals surface area contributed by atoms with Crippen molar-refractivity contribution in [3.8, 4) is 33.8 Å². The van der Waals surface area contributed by atoms with Crippen LogP contribution in [-0.2, 0) is 4.79 Å². The summed E-state index contributed by atoms with van der Waals surface area (Å²) in [5.41, 5.74) is 13.2. The quantitative estimate of drug-likeness (QED) is 0.196. The van der Waals surface area contributed by atoms with Gasteiger partial charge in [-0.15, -0.1) is 0 Å². The lowest BCUT2D eigenvalue weighted by Gasteiger charge is -2.27. The SMILES string of the molecule is CC(C)[C@H](N)C(=O)N1CCC[C@H]1c1ncc(-c2ccc3nc(-c4ccc(-c5cnc([C@@H]6CCCN6)[nH]5)cc4)ccc3c2)[nH]1. The number of benzene rings is 2. The van der Waals surface area contributed by atoms with E-state index in [9.17, 15) is 4.79 Å². The molecule has 0 aliphatic carbocycles. The smallest absolute Gasteiger partial charge is 0.240 e. The van der Waals surface area contributed by atoms with Crippen molar-refractivity contribution in [3.63, 3.8) is 0 Å². The molecule has 220 valence electrons. The minimum atomic E-state index is -0.491. The fourth-order valence-corrected chi connectivity index (χ4v) is 6.30. The number of nitrogens with two attached hydrogens (primary N) is 1. The molecule has 2 fully saturated rings. The summed E-state index contributed by atoms with van der Waals surface area (Å²) in [6.07, 6.45) is 7.93. The third-order valence-corrected chi connectivity index (χ3v) is 8.93. The van der Waals surface area contributed by atoms with E-state index in [0.717, 1.165) is 88.7 Å². The average Bonchev–Trinajstić information content (AvgIpc) is 3.86. The van der Waals surface area contributed by atoms with Gasteiger partial charge >= 0.3 is 0 Å². The van der Waals surface area contributed by atoms with E-state index in [0.29, 0.717) is 6.04 Å². The Morgan fingerprint density at radius 1 is 0.884 bits per heavy atom. The summed E-state index contributed by atoms with van der Waals surface area (Å²) in [6.45, 7) is 5.74. The van der Waals surface area contributed by atoms with Crippen LogP contribution in [0.5, 0.6) is 0 Å². The second kappa shape index (κ2) is 11.4. The first kappa shape index (κ1) is 27.5. The van der Waals surface area contributed by atoms with Crippen LogP contribution in [0.25, 0.3) is 44.7 Å². The number of nitrogens with zero attached hydrogens (tertiary/aromatic N) is 4. The number of H-pyrrole nitrogens is 2. The Balaban J connectivity index is 1.07. The van der Waals surface area contributed by atoms with E-state index in [1.165, 1.54) is 6.42 Å². The van der Waals surface area contributed by atoms with Crippen molar-refractivity contribution in [3.05, 3.63) is 78.6 Å². The van der Waals surface area contributed by atoms with Crippen LogP contribution in [0.2, 0.25) is 0 Å². The van der Waals surface area contributed by atoms with E-state index in [4.69, 9.17) is 10.7 Å². The predicted molar refractivity (Wildman–Crippen MR) is 169 cm³/mol. The Labute approximate surface area is 251 Å². The molecule has 5 heterocycles. The zero-order chi connectivity index (χ0) is 29.5. The Kier molecular flexibility index (Phi) is 7.28. The second-order valence-corrected chi connectivity index (χ2v) is 12.2. The van der Waals surface area contributed by atoms with Crippen molar-refractivity contribution in [2.75, 3.05) is 13.1 Å². The Bertz CT molecular complexity index is 1750. The summed E-state index contributed by atoms with van der Waals surface area (Å²) >= 11 is 0. The number of pyridine rings is 1. The van der Waals surface area contributed by atoms with Gasteiger partial charge < -0.3 is 25.9 Å². The van der Waals surface area contributed by atoms with E-state index in [1.54, 1.807) is 0 Å². The van der Waals surface area contributed by atoms with Crippen LogP contribution >= 0.6 is 0 Å². The van der Waals surface area contributed by atoms with Gasteiger partial charge in [0.2, 0.25) is 5.91 Å². The predicted octanol–water partition coefficient (Wildman–Crippen LogP) is 5.75. The standard InChI is InChI=1S/C34H38N8O/c1-20(2)31(35)34(43)42-16-4-6-30(42)33-38-19-29(41-33)24-12-14-26-23(17-24)11-13-25(39-26)21-7-9-22(10-8-21)28-18-37-32(40-28)27-5-3-15-36-27/h7-14,17-20,27,30-31,36H,3-6,15-16,35H2,1-2H3,(H,37,40)(H,38,41)/t27-,30-,31-/m0/s1. The first-order valence-electron chi connectivity index (χ1n) is 15.4. The molecule has 0 unspecified atom stereocenters. The van der Waals surface area contributed by atoms with Crippen molar-refractivity contribution in [2.45, 2.75) is 57.7 Å². The molecular formula is C34H38N8O. The fraction of sp³-hybridized carbons (Fsp3) is 0.353. The van der Waals surface area contributed by atoms with Crippen molar-refractivity contribution in [1.29, 1.82) is 0 Å². The number of hydrogen-bond acceptors (Lipinski definition) is 6. The summed E-state index contributed by atoms with van der Waals surface area (Å²) in [4.78, 5) is 36.1. The lowest BCUT2D eigenvalue weighted by Crippen LogP contribution is -2.46. The van der Waals surface area contributed by atoms with Crippen molar-refractivity contribution < 1.29 is 4.79 Å². The van der Waals surface area contributed by atoms with E-state index in [2.05, 4.69) is 79.9 Å². The minimum absolute atomic E-state index is 0.00462. The molecule has 9 heteroatoms. The minimum Gasteiger partial charge on any atom is -0.341 e. The largest absolute Gasteiger partial charge is 0.341 e. The number of imidazole rings is 2. The summed E-state index contributed by atoms with van der Waals surface area (Å²) < 4.78 is 0. The highest BCUT2D eigenvalue weighted by molar-refractivity contribution is 5.86. The molecule has 2 aliphatic rings. The molecule has 2 aromatic carbocycles. The zero-order valence-corrected chi connectivity index (χ0v) is 24.7. The lowest BCUT2D eigenvalue weighted by atomic mass is 10.0. The van der Waals surface area contributed by atoms with E-state index < -0.39 is 6.04 Å². The van der Waals surface area contributed by atoms with E-state index in [1.807, 2.05) is 31.1 Å². The van der Waals surface area contributed by atoms with Gasteiger partial charge in [-0.1, -0.05) is 50.2 Å². The lowest BCUT2D eigenvalue weighted by molar-refractivity contribution is -0.134. The monoisotopic (exact) mass is 574 g/mol. The second-order valence-electron chi connectivity index (χ2n) is 12.2. The van der Waals surface area contributed by atoms with Crippen molar-refractivity contribution in [1.82, 2.24) is 35.1 Å². The molecule has 0 bridgehead atoms. The van der Waals surface area contributed by atoms with Crippen LogP contribution < -0.4 is 11.1 Å². The number of carbonyl (C=O) groups excluding carboxylic acids is 1. The maximum Gasteiger partial charge on any atom is 0.240 e. The van der Waals surface area contributed by atoms with Crippen LogP contribution in [0.3, 0.4) is 0 Å². The molecule has 0 saturated carbocycles. The van der Waals surface area contributed by atoms with Gasteiger partial charge in [-0.25, -0.2) is 15.0 Å². The molecule has 9 nitrogen and oxygen atoms in total. The number of fused-ring (bicyclic) bond motifs is 1. The van der Waals surface area contributed by atoms with Crippen LogP contribution in [0.1, 0.15) is 63.3 Å². The first-order valence-corrected chi connectivity index (χ1v) is 15.4. The fourth-order valence-electron chi connectivity index (χ4n) is 6.30. The number of aromatic nitrogens is 5. The Morgan fingerprint density at radius 3 is 2.37 bits per heavy atom. The normalized spacial score (nSPS) is 19.5. The molecular weight excluding hydrogens is 536 g/mol. The van der Waals surface area contributed by atoms with Crippen LogP contribution in [-0.4, -0.2) is 54.9 Å². The maximum atomic E-state index is 13.0. The topological polar surface area (TPSA) is 129 Å². The van der Waals surface area contributed by atoms with E-state index in [-0.39, 0.29) is 17.9 Å². The number of amides is 1. The summed E-state index contributed by atoms with van der Waals surface area (Å²) in [7, 11) is 0. The van der Waals surface area contributed by atoms with Gasteiger partial charge in [-0.2, -0.15) is 0 Å². The molecule has 7 rings (SSSR count). The Morgan fingerprint density at radius 2 is 1.60 bits per heavy atom. The van der Waals surface area contributed by atoms with Gasteiger partial charge in [0.15, 0.2) is 0 Å². The summed E-state index contributed by atoms with van der Waals surface area (Å²) in [6, 6.07) is 18.7. The zero-order valence-electron chi connectivity index (χ0n) is 24.7. The number of hydrogen-bond donors (Lipinski definition) is 4. The Hall–Kier alpha value is -4.34. The highest BCUT2D eigenvalue weighted by Gasteiger charge is 2.35. The average molecular weight is 575 g/mol. The molecule has 0 radical (unpaired) electrons. The van der Waals surface area contributed by atoms with Crippen LogP contribution in [0, 0.1) is 5.92 Å². The number of aromatic amines is 2. The third-order valence-electron chi connectivity index (χ3n) is 8.93. The van der Waals surface area contributed by atoms with Crippen LogP contribution in [0.4, 0.5) is 0 Å². The number of likely N-dealkylation sites (tertiary alicyclic amines) is 1. The van der Waals surface area contributed by atoms with Gasteiger partial charge in [0.25, 0.3) is 0 Å². The van der Waals surface area contributed by atoms with Gasteiger partial charge in [0.1, 0.15) is 11.6 Å². The summed E-state index contributed by atoms with van der Waals surface area (Å²) in [5.74, 6) is 1.93. The van der Waals surface area contributed by atoms with Gasteiger partial charge in [-0.3, -0.25) is 4.79 Å². The number of nitrogens with one attached hydrogen (secondary N) is 3. The highest BCUT2D eigenvalue weighted by atomic mass is 16.2. The molecule has 2 aliphatic heterocycles. The van der Waals surface area contributed by atoms with Gasteiger partial charge in [0.05, 0.1) is 53.1 Å². The van der Waals surface area contributed by atoms with Crippen molar-refractivity contribution >= 4 is 16.8 Å². The van der Waals surface area contributed by atoms with Crippen molar-refractivity contribution in [2.24, 2.45) is 11.7 Å². The molecule has 3 atom stereocenters. The molecule has 2 saturated heterocycles. The summed E-state index contributed by atoms with van der Waals surface area (Å²) in [5, 5.41) is 4.55. The third kappa shape index (κ3) is 5.34. The number of rotatable bonds is 7. The molecule has 5 N–H and O–H groups in total. The maximum absolute atomic E-state index is 13.0. The molecule has 3 aromatic heterocycles. The molecule has 0 spiro atoms. The molecule has 5 aromatic rings. The molecule has 1 amide bonds. The first-order chi connectivity index (χ1) is 20.9.